The van der Waals surface area contributed by atoms with E-state index in [2.05, 4.69) is 11.8 Å². The molecular weight excluding hydrogens is 543 g/mol. The van der Waals surface area contributed by atoms with Gasteiger partial charge in [-0.25, -0.2) is 0 Å². The lowest BCUT2D eigenvalue weighted by Gasteiger charge is -2.45. The summed E-state index contributed by atoms with van der Waals surface area (Å²) in [5.41, 5.74) is -2.67. The van der Waals surface area contributed by atoms with Crippen LogP contribution in [-0.2, 0) is 10.4 Å². The second-order valence-corrected chi connectivity index (χ2v) is 12.1. The van der Waals surface area contributed by atoms with E-state index in [0.29, 0.717) is 29.3 Å². The summed E-state index contributed by atoms with van der Waals surface area (Å²) in [5.74, 6) is -0.983. The van der Waals surface area contributed by atoms with E-state index in [4.69, 9.17) is 11.6 Å². The first-order valence-electron chi connectivity index (χ1n) is 13.7. The van der Waals surface area contributed by atoms with Crippen LogP contribution in [0.4, 0.5) is 18.9 Å². The van der Waals surface area contributed by atoms with Gasteiger partial charge in [0, 0.05) is 51.5 Å². The predicted molar refractivity (Wildman–Crippen MR) is 149 cm³/mol. The topological polar surface area (TPSA) is 64.1 Å². The van der Waals surface area contributed by atoms with Gasteiger partial charge in [-0.1, -0.05) is 48.9 Å². The van der Waals surface area contributed by atoms with Crippen LogP contribution in [0, 0.1) is 11.3 Å². The highest BCUT2D eigenvalue weighted by molar-refractivity contribution is 6.34. The number of piperidine rings is 2. The first-order chi connectivity index (χ1) is 18.7. The third-order valence-corrected chi connectivity index (χ3v) is 8.83. The molecule has 0 radical (unpaired) electrons. The molecule has 2 heterocycles. The van der Waals surface area contributed by atoms with Crippen molar-refractivity contribution in [1.82, 2.24) is 9.80 Å². The van der Waals surface area contributed by atoms with Crippen molar-refractivity contribution in [1.29, 1.82) is 0 Å². The molecule has 10 heteroatoms. The Kier molecular flexibility index (Phi) is 8.76. The van der Waals surface area contributed by atoms with Crippen LogP contribution >= 0.6 is 11.6 Å². The highest BCUT2D eigenvalue weighted by Crippen LogP contribution is 2.44. The minimum atomic E-state index is -5.13. The summed E-state index contributed by atoms with van der Waals surface area (Å²) in [6.07, 6.45) is -1.10. The number of hydrogen-bond donors (Lipinski definition) is 1. The Labute approximate surface area is 238 Å². The summed E-state index contributed by atoms with van der Waals surface area (Å²) in [6, 6.07) is 12.1. The largest absolute Gasteiger partial charge is 0.430 e. The third-order valence-electron chi connectivity index (χ3n) is 8.52. The Morgan fingerprint density at radius 2 is 1.62 bits per heavy atom. The first-order valence-corrected chi connectivity index (χ1v) is 14.0. The zero-order valence-corrected chi connectivity index (χ0v) is 23.9. The maximum Gasteiger partial charge on any atom is 0.430 e. The van der Waals surface area contributed by atoms with E-state index in [9.17, 15) is 27.9 Å². The molecule has 0 aromatic heterocycles. The fraction of sp³-hybridized carbons (Fsp3) is 0.533. The van der Waals surface area contributed by atoms with Crippen molar-refractivity contribution in [2.24, 2.45) is 11.3 Å². The molecule has 6 nitrogen and oxygen atoms in total. The quantitative estimate of drug-likeness (QED) is 0.475. The second-order valence-electron chi connectivity index (χ2n) is 11.7. The number of carbonyl (C=O) groups is 2. The molecule has 2 aromatic carbocycles. The van der Waals surface area contributed by atoms with Crippen molar-refractivity contribution in [2.75, 3.05) is 45.2 Å². The fourth-order valence-corrected chi connectivity index (χ4v) is 6.23. The highest BCUT2D eigenvalue weighted by Gasteiger charge is 2.62. The summed E-state index contributed by atoms with van der Waals surface area (Å²) in [4.78, 5) is 30.3. The molecule has 2 aliphatic rings. The average Bonchev–Trinajstić information content (AvgIpc) is 2.92. The van der Waals surface area contributed by atoms with Crippen LogP contribution in [0.15, 0.2) is 48.5 Å². The predicted octanol–water partition coefficient (Wildman–Crippen LogP) is 5.73. The van der Waals surface area contributed by atoms with E-state index in [1.165, 1.54) is 21.9 Å². The Morgan fingerprint density at radius 3 is 2.15 bits per heavy atom. The summed E-state index contributed by atoms with van der Waals surface area (Å²) in [6.45, 7) is 4.19. The Bertz CT molecular complexity index is 1210. The number of amides is 2. The van der Waals surface area contributed by atoms with E-state index in [1.807, 2.05) is 12.1 Å². The molecule has 2 fully saturated rings. The van der Waals surface area contributed by atoms with E-state index in [-0.39, 0.29) is 24.4 Å². The lowest BCUT2D eigenvalue weighted by Crippen LogP contribution is -2.57. The number of anilines is 1. The lowest BCUT2D eigenvalue weighted by molar-refractivity contribution is -0.262. The van der Waals surface area contributed by atoms with Gasteiger partial charge in [-0.15, -0.1) is 0 Å². The Hall–Kier alpha value is -2.78. The molecule has 2 amide bonds. The van der Waals surface area contributed by atoms with Crippen molar-refractivity contribution in [2.45, 2.75) is 50.8 Å². The van der Waals surface area contributed by atoms with Crippen molar-refractivity contribution in [3.05, 3.63) is 64.7 Å². The van der Waals surface area contributed by atoms with Crippen LogP contribution in [0.25, 0.3) is 0 Å². The van der Waals surface area contributed by atoms with E-state index in [1.54, 1.807) is 26.2 Å². The molecule has 2 saturated heterocycles. The van der Waals surface area contributed by atoms with Gasteiger partial charge in [-0.3, -0.25) is 9.59 Å². The number of rotatable bonds is 6. The van der Waals surface area contributed by atoms with Crippen LogP contribution in [0.5, 0.6) is 0 Å². The van der Waals surface area contributed by atoms with Gasteiger partial charge in [0.25, 0.3) is 17.4 Å². The van der Waals surface area contributed by atoms with Gasteiger partial charge in [0.2, 0.25) is 0 Å². The number of benzene rings is 2. The minimum Gasteiger partial charge on any atom is -0.371 e. The highest BCUT2D eigenvalue weighted by atomic mass is 35.5. The number of alkyl halides is 3. The van der Waals surface area contributed by atoms with Gasteiger partial charge in [-0.05, 0) is 61.6 Å². The minimum absolute atomic E-state index is 0.0930. The van der Waals surface area contributed by atoms with Crippen molar-refractivity contribution in [3.8, 4) is 0 Å². The van der Waals surface area contributed by atoms with Crippen LogP contribution < -0.4 is 4.90 Å². The average molecular weight is 580 g/mol. The standard InChI is InChI=1S/C30H37ClF3N3O3/c1-28(13-17-37(18-14-28)27(39)29(40,30(32,33)34)22-7-5-4-6-8-22)20-21-11-15-36(16-12-21)23-9-10-24(25(31)19-23)26(38)35(2)3/h4-10,19,21,40H,11-18,20H2,1-3H3/t29-/m1/s1. The van der Waals surface area contributed by atoms with Gasteiger partial charge in [0.1, 0.15) is 0 Å². The second kappa shape index (κ2) is 11.6. The van der Waals surface area contributed by atoms with Gasteiger partial charge in [0.15, 0.2) is 0 Å². The molecule has 0 unspecified atom stereocenters. The molecule has 40 heavy (non-hydrogen) atoms. The van der Waals surface area contributed by atoms with Crippen LogP contribution in [-0.4, -0.2) is 73.2 Å². The maximum absolute atomic E-state index is 14.0. The van der Waals surface area contributed by atoms with Crippen molar-refractivity contribution < 1.29 is 27.9 Å². The van der Waals surface area contributed by atoms with Crippen molar-refractivity contribution >= 4 is 29.1 Å². The van der Waals surface area contributed by atoms with Crippen LogP contribution in [0.1, 0.15) is 54.9 Å². The van der Waals surface area contributed by atoms with E-state index >= 15 is 0 Å². The van der Waals surface area contributed by atoms with Gasteiger partial charge >= 0.3 is 6.18 Å². The fourth-order valence-electron chi connectivity index (χ4n) is 5.98. The van der Waals surface area contributed by atoms with Gasteiger partial charge in [0.05, 0.1) is 10.6 Å². The van der Waals surface area contributed by atoms with Crippen LogP contribution in [0.2, 0.25) is 5.02 Å². The normalized spacial score (nSPS) is 19.7. The van der Waals surface area contributed by atoms with Crippen molar-refractivity contribution in [3.63, 3.8) is 0 Å². The Morgan fingerprint density at radius 1 is 1.02 bits per heavy atom. The molecule has 2 aliphatic heterocycles. The zero-order valence-electron chi connectivity index (χ0n) is 23.2. The number of aliphatic hydroxyl groups is 1. The van der Waals surface area contributed by atoms with Crippen LogP contribution in [0.3, 0.4) is 0 Å². The number of halogens is 4. The first kappa shape index (κ1) is 30.2. The Balaban J connectivity index is 1.33. The molecule has 0 bridgehead atoms. The summed E-state index contributed by atoms with van der Waals surface area (Å²) >= 11 is 6.41. The molecule has 218 valence electrons. The SMILES string of the molecule is CN(C)C(=O)c1ccc(N2CCC(CC3(C)CCN(C(=O)[C@](O)(c4ccccc4)C(F)(F)F)CC3)CC2)cc1Cl. The lowest BCUT2D eigenvalue weighted by atomic mass is 9.71. The molecule has 0 aliphatic carbocycles. The molecular formula is C30H37ClF3N3O3. The molecule has 2 aromatic rings. The van der Waals surface area contributed by atoms with Gasteiger partial charge < -0.3 is 19.8 Å². The number of carbonyl (C=O) groups excluding carboxylic acids is 2. The number of likely N-dealkylation sites (tertiary alicyclic amines) is 1. The van der Waals surface area contributed by atoms with E-state index in [0.717, 1.165) is 50.2 Å². The number of nitrogens with zero attached hydrogens (tertiary/aromatic N) is 3. The molecule has 0 spiro atoms. The summed E-state index contributed by atoms with van der Waals surface area (Å²) in [5, 5.41) is 11.1. The summed E-state index contributed by atoms with van der Waals surface area (Å²) in [7, 11) is 3.37. The number of hydrogen-bond acceptors (Lipinski definition) is 4. The zero-order chi connectivity index (χ0) is 29.3. The molecule has 1 atom stereocenters. The maximum atomic E-state index is 14.0. The molecule has 0 saturated carbocycles. The third kappa shape index (κ3) is 6.10. The van der Waals surface area contributed by atoms with E-state index < -0.39 is 23.2 Å². The smallest absolute Gasteiger partial charge is 0.371 e. The molecule has 1 N–H and O–H groups in total. The monoisotopic (exact) mass is 579 g/mol. The molecule has 4 rings (SSSR count). The van der Waals surface area contributed by atoms with Gasteiger partial charge in [-0.2, -0.15) is 13.2 Å². The summed E-state index contributed by atoms with van der Waals surface area (Å²) < 4.78 is 42.0.